The maximum absolute atomic E-state index is 13.6. The molecule has 0 spiro atoms. The van der Waals surface area contributed by atoms with Crippen LogP contribution in [0.5, 0.6) is 0 Å². The van der Waals surface area contributed by atoms with Crippen LogP contribution < -0.4 is 4.90 Å². The highest BCUT2D eigenvalue weighted by atomic mass is 32.1. The molecule has 1 aromatic carbocycles. The highest BCUT2D eigenvalue weighted by Gasteiger charge is 2.36. The number of fused-ring (bicyclic) bond motifs is 1. The predicted octanol–water partition coefficient (Wildman–Crippen LogP) is 3.16. The third kappa shape index (κ3) is 4.19. The van der Waals surface area contributed by atoms with E-state index in [2.05, 4.69) is 25.2 Å². The molecule has 4 heterocycles. The van der Waals surface area contributed by atoms with E-state index in [9.17, 15) is 9.18 Å². The number of rotatable bonds is 4. The second-order valence-electron chi connectivity index (χ2n) is 8.58. The maximum atomic E-state index is 13.6. The number of piperazine rings is 1. The van der Waals surface area contributed by atoms with Crippen molar-refractivity contribution in [2.75, 3.05) is 37.6 Å². The molecule has 0 aliphatic carbocycles. The molecule has 0 N–H and O–H groups in total. The van der Waals surface area contributed by atoms with Gasteiger partial charge in [0, 0.05) is 50.0 Å². The van der Waals surface area contributed by atoms with Gasteiger partial charge in [-0.3, -0.25) is 9.69 Å². The lowest BCUT2D eigenvalue weighted by Crippen LogP contribution is -2.53. The molecule has 2 fully saturated rings. The lowest BCUT2D eigenvalue weighted by atomic mass is 10.1. The fraction of sp³-hybridized carbons (Fsp3) is 0.478. The lowest BCUT2D eigenvalue weighted by Gasteiger charge is -2.37. The molecule has 0 saturated carbocycles. The van der Waals surface area contributed by atoms with Crippen molar-refractivity contribution in [1.29, 1.82) is 0 Å². The van der Waals surface area contributed by atoms with Crippen LogP contribution in [0.3, 0.4) is 0 Å². The van der Waals surface area contributed by atoms with Gasteiger partial charge in [0.05, 0.1) is 21.9 Å². The number of hydrogen-bond acceptors (Lipinski definition) is 7. The maximum Gasteiger partial charge on any atom is 0.245 e. The minimum absolute atomic E-state index is 0.159. The number of hydrogen-bond donors (Lipinski definition) is 0. The summed E-state index contributed by atoms with van der Waals surface area (Å²) in [6.07, 6.45) is 1.74. The van der Waals surface area contributed by atoms with E-state index in [1.54, 1.807) is 17.4 Å². The number of aromatic nitrogens is 3. The molecule has 5 rings (SSSR count). The first-order valence-corrected chi connectivity index (χ1v) is 12.0. The van der Waals surface area contributed by atoms with Gasteiger partial charge in [0.25, 0.3) is 0 Å². The van der Waals surface area contributed by atoms with E-state index in [0.29, 0.717) is 16.9 Å². The Hall–Kier alpha value is -2.65. The van der Waals surface area contributed by atoms with Gasteiger partial charge in [0.2, 0.25) is 11.9 Å². The Morgan fingerprint density at radius 1 is 1.12 bits per heavy atom. The molecule has 32 heavy (non-hydrogen) atoms. The molecule has 0 radical (unpaired) electrons. The van der Waals surface area contributed by atoms with Crippen molar-refractivity contribution in [3.8, 4) is 0 Å². The van der Waals surface area contributed by atoms with Crippen molar-refractivity contribution in [2.45, 2.75) is 39.3 Å². The summed E-state index contributed by atoms with van der Waals surface area (Å²) < 4.78 is 13.6. The van der Waals surface area contributed by atoms with Gasteiger partial charge in [-0.15, -0.1) is 11.3 Å². The highest BCUT2D eigenvalue weighted by molar-refractivity contribution is 7.09. The van der Waals surface area contributed by atoms with E-state index >= 15 is 0 Å². The molecule has 1 atom stereocenters. The molecule has 168 valence electrons. The molecule has 2 aliphatic heterocycles. The Morgan fingerprint density at radius 2 is 1.94 bits per heavy atom. The molecule has 2 aromatic heterocycles. The first kappa shape index (κ1) is 21.2. The lowest BCUT2D eigenvalue weighted by molar-refractivity contribution is -0.134. The summed E-state index contributed by atoms with van der Waals surface area (Å²) in [4.78, 5) is 33.6. The molecule has 3 aromatic rings. The zero-order valence-corrected chi connectivity index (χ0v) is 19.2. The van der Waals surface area contributed by atoms with E-state index in [1.807, 2.05) is 23.6 Å². The second-order valence-corrected chi connectivity index (χ2v) is 9.64. The Morgan fingerprint density at radius 3 is 2.69 bits per heavy atom. The molecule has 2 saturated heterocycles. The number of carbonyl (C=O) groups excluding carboxylic acids is 1. The molecule has 9 heteroatoms. The fourth-order valence-corrected chi connectivity index (χ4v) is 5.28. The molecule has 1 amide bonds. The van der Waals surface area contributed by atoms with Gasteiger partial charge in [-0.05, 0) is 44.9 Å². The number of nitrogens with zero attached hydrogens (tertiary/aromatic N) is 6. The quantitative estimate of drug-likeness (QED) is 0.604. The van der Waals surface area contributed by atoms with E-state index in [-0.39, 0.29) is 17.8 Å². The Balaban J connectivity index is 1.27. The van der Waals surface area contributed by atoms with E-state index in [1.165, 1.54) is 12.1 Å². The Kier molecular flexibility index (Phi) is 5.77. The fourth-order valence-electron chi connectivity index (χ4n) is 4.68. The normalized spacial score (nSPS) is 19.8. The van der Waals surface area contributed by atoms with Gasteiger partial charge < -0.3 is 9.80 Å². The molecular weight excluding hydrogens is 427 g/mol. The van der Waals surface area contributed by atoms with Crippen LogP contribution in [-0.4, -0.2) is 69.4 Å². The Labute approximate surface area is 190 Å². The molecule has 7 nitrogen and oxygen atoms in total. The number of carbonyl (C=O) groups is 1. The number of halogens is 1. The van der Waals surface area contributed by atoms with Gasteiger partial charge in [-0.1, -0.05) is 0 Å². The predicted molar refractivity (Wildman–Crippen MR) is 123 cm³/mol. The van der Waals surface area contributed by atoms with Crippen molar-refractivity contribution in [3.63, 3.8) is 0 Å². The second kappa shape index (κ2) is 8.71. The summed E-state index contributed by atoms with van der Waals surface area (Å²) in [5.74, 6) is 0.428. The van der Waals surface area contributed by atoms with Crippen molar-refractivity contribution in [1.82, 2.24) is 24.8 Å². The van der Waals surface area contributed by atoms with E-state index < -0.39 is 0 Å². The number of aryl methyl sites for hydroxylation is 2. The highest BCUT2D eigenvalue weighted by Crippen LogP contribution is 2.27. The number of benzene rings is 1. The Bertz CT molecular complexity index is 1140. The number of anilines is 1. The average molecular weight is 455 g/mol. The largest absolute Gasteiger partial charge is 0.338 e. The average Bonchev–Trinajstić information content (AvgIpc) is 3.43. The summed E-state index contributed by atoms with van der Waals surface area (Å²) in [6.45, 7) is 8.64. The third-order valence-electron chi connectivity index (χ3n) is 6.37. The smallest absolute Gasteiger partial charge is 0.245 e. The zero-order chi connectivity index (χ0) is 22.2. The molecule has 2 aliphatic rings. The summed E-state index contributed by atoms with van der Waals surface area (Å²) in [7, 11) is 0. The standard InChI is InChI=1S/C23H27FN6OS/c1-15-19-12-17(24)5-6-20(19)27-23(25-15)30-7-3-4-21(30)22(31)29-10-8-28(9-11-29)13-18-14-32-16(2)26-18/h5-6,12,14,21H,3-4,7-11,13H2,1-2H3/t21-/m1/s1. The van der Waals surface area contributed by atoms with Crippen molar-refractivity contribution in [3.05, 3.63) is 45.8 Å². The number of thiazole rings is 1. The summed E-state index contributed by atoms with van der Waals surface area (Å²) in [5.41, 5.74) is 2.55. The SMILES string of the molecule is Cc1nc(CN2CCN(C(=O)[C@H]3CCCN3c3nc(C)c4cc(F)ccc4n3)CC2)cs1. The van der Waals surface area contributed by atoms with Crippen LogP contribution >= 0.6 is 11.3 Å². The minimum atomic E-state index is -0.296. The van der Waals surface area contributed by atoms with Crippen LogP contribution in [0, 0.1) is 19.7 Å². The molecule has 0 bridgehead atoms. The van der Waals surface area contributed by atoms with E-state index in [4.69, 9.17) is 0 Å². The molecular formula is C23H27FN6OS. The topological polar surface area (TPSA) is 65.5 Å². The van der Waals surface area contributed by atoms with Crippen LogP contribution in [0.25, 0.3) is 10.9 Å². The molecule has 0 unspecified atom stereocenters. The zero-order valence-electron chi connectivity index (χ0n) is 18.4. The van der Waals surface area contributed by atoms with Crippen LogP contribution in [0.15, 0.2) is 23.6 Å². The van der Waals surface area contributed by atoms with Crippen molar-refractivity contribution in [2.24, 2.45) is 0 Å². The van der Waals surface area contributed by atoms with Crippen LogP contribution in [0.1, 0.15) is 29.2 Å². The summed E-state index contributed by atoms with van der Waals surface area (Å²) >= 11 is 1.68. The van der Waals surface area contributed by atoms with Crippen LogP contribution in [-0.2, 0) is 11.3 Å². The third-order valence-corrected chi connectivity index (χ3v) is 7.19. The van der Waals surface area contributed by atoms with Crippen molar-refractivity contribution < 1.29 is 9.18 Å². The first-order chi connectivity index (χ1) is 15.5. The summed E-state index contributed by atoms with van der Waals surface area (Å²) in [5, 5.41) is 3.91. The van der Waals surface area contributed by atoms with Gasteiger partial charge in [-0.2, -0.15) is 0 Å². The van der Waals surface area contributed by atoms with Crippen molar-refractivity contribution >= 4 is 34.1 Å². The van der Waals surface area contributed by atoms with Crippen LogP contribution in [0.2, 0.25) is 0 Å². The van der Waals surface area contributed by atoms with E-state index in [0.717, 1.165) is 68.5 Å². The minimum Gasteiger partial charge on any atom is -0.338 e. The summed E-state index contributed by atoms with van der Waals surface area (Å²) in [6, 6.07) is 4.32. The van der Waals surface area contributed by atoms with Gasteiger partial charge in [-0.25, -0.2) is 19.3 Å². The monoisotopic (exact) mass is 454 g/mol. The van der Waals surface area contributed by atoms with Gasteiger partial charge >= 0.3 is 0 Å². The number of amides is 1. The first-order valence-electron chi connectivity index (χ1n) is 11.1. The van der Waals surface area contributed by atoms with Gasteiger partial charge in [0.1, 0.15) is 11.9 Å². The van der Waals surface area contributed by atoms with Gasteiger partial charge in [0.15, 0.2) is 0 Å². The van der Waals surface area contributed by atoms with Crippen LogP contribution in [0.4, 0.5) is 10.3 Å².